The Bertz CT molecular complexity index is 1500. The maximum atomic E-state index is 13.5. The third-order valence-electron chi connectivity index (χ3n) is 6.60. The Labute approximate surface area is 224 Å². The van der Waals surface area contributed by atoms with Crippen LogP contribution in [0.3, 0.4) is 0 Å². The van der Waals surface area contributed by atoms with Crippen molar-refractivity contribution in [3.63, 3.8) is 0 Å². The number of likely N-dealkylation sites (N-methyl/N-ethyl adjacent to an activating group) is 1. The highest BCUT2D eigenvalue weighted by Gasteiger charge is 2.30. The number of halogens is 1. The van der Waals surface area contributed by atoms with Crippen LogP contribution in [0.5, 0.6) is 5.75 Å². The number of nitrogens with zero attached hydrogens (tertiary/aromatic N) is 4. The summed E-state index contributed by atoms with van der Waals surface area (Å²) in [5, 5.41) is 0. The number of fused-ring (bicyclic) bond motifs is 1. The molecule has 4 rings (SSSR count). The molecule has 0 radical (unpaired) electrons. The lowest BCUT2D eigenvalue weighted by Gasteiger charge is -2.33. The topological polar surface area (TPSA) is 110 Å². The number of benzene rings is 1. The first-order chi connectivity index (χ1) is 17.1. The molecule has 36 heavy (non-hydrogen) atoms. The predicted molar refractivity (Wildman–Crippen MR) is 148 cm³/mol. The first-order valence-electron chi connectivity index (χ1n) is 12.2. The van der Waals surface area contributed by atoms with Crippen molar-refractivity contribution in [1.82, 2.24) is 23.3 Å². The van der Waals surface area contributed by atoms with E-state index in [1.54, 1.807) is 22.8 Å². The fourth-order valence-electron chi connectivity index (χ4n) is 4.60. The largest absolute Gasteiger partial charge is 0.493 e. The van der Waals surface area contributed by atoms with Gasteiger partial charge in [-0.25, -0.2) is 13.2 Å². The van der Waals surface area contributed by atoms with Gasteiger partial charge in [0.15, 0.2) is 0 Å². The summed E-state index contributed by atoms with van der Waals surface area (Å²) in [6.07, 6.45) is 0.715. The number of hydrogen-bond acceptors (Lipinski definition) is 6. The summed E-state index contributed by atoms with van der Waals surface area (Å²) in [4.78, 5) is 31.4. The molecular formula is C24H32IN5O5S. The van der Waals surface area contributed by atoms with Gasteiger partial charge in [0.1, 0.15) is 11.3 Å². The first kappa shape index (κ1) is 26.9. The van der Waals surface area contributed by atoms with Crippen LogP contribution in [-0.4, -0.2) is 71.1 Å². The van der Waals surface area contributed by atoms with Crippen molar-refractivity contribution in [3.05, 3.63) is 42.6 Å². The lowest BCUT2D eigenvalue weighted by atomic mass is 10.1. The molecular weight excluding hydrogens is 597 g/mol. The Morgan fingerprint density at radius 1 is 1.08 bits per heavy atom. The molecule has 0 atom stereocenters. The summed E-state index contributed by atoms with van der Waals surface area (Å²) in [5.41, 5.74) is 1.09. The van der Waals surface area contributed by atoms with Gasteiger partial charge in [0.25, 0.3) is 5.56 Å². The number of rotatable bonds is 8. The molecule has 3 aromatic rings. The molecule has 2 aromatic heterocycles. The molecule has 12 heteroatoms. The first-order valence-corrected chi connectivity index (χ1v) is 14.7. The monoisotopic (exact) mass is 629 g/mol. The molecule has 0 spiro atoms. The summed E-state index contributed by atoms with van der Waals surface area (Å²) >= 11 is 2.12. The smallest absolute Gasteiger partial charge is 0.331 e. The van der Waals surface area contributed by atoms with Crippen LogP contribution in [0.1, 0.15) is 27.2 Å². The van der Waals surface area contributed by atoms with E-state index >= 15 is 0 Å². The normalized spacial score (nSPS) is 15.6. The van der Waals surface area contributed by atoms with Crippen LogP contribution < -0.4 is 16.0 Å². The Kier molecular flexibility index (Phi) is 7.98. The predicted octanol–water partition coefficient (Wildman–Crippen LogP) is 2.43. The standard InChI is InChI=1S/C24H32IN5O5S/c1-5-10-30-22-19(25)20(26-21(22)23(31)27(4)24(30)32)17-15-16(8-9-18(17)35-7-3)36(33,34)29-13-11-28(6-2)12-14-29/h8-9,15,26H,5-7,10-14H2,1-4H3. The van der Waals surface area contributed by atoms with Gasteiger partial charge in [0.05, 0.1) is 26.3 Å². The number of piperazine rings is 1. The molecule has 0 saturated carbocycles. The fourth-order valence-corrected chi connectivity index (χ4v) is 7.04. The minimum absolute atomic E-state index is 0.166. The highest BCUT2D eigenvalue weighted by molar-refractivity contribution is 14.1. The molecule has 1 aromatic carbocycles. The van der Waals surface area contributed by atoms with Gasteiger partial charge < -0.3 is 14.6 Å². The average Bonchev–Trinajstić information content (AvgIpc) is 3.22. The van der Waals surface area contributed by atoms with Crippen molar-refractivity contribution >= 4 is 43.6 Å². The molecule has 1 fully saturated rings. The van der Waals surface area contributed by atoms with Crippen molar-refractivity contribution in [3.8, 4) is 17.0 Å². The van der Waals surface area contributed by atoms with Gasteiger partial charge in [0.2, 0.25) is 10.0 Å². The number of sulfonamides is 1. The second-order valence-electron chi connectivity index (χ2n) is 8.77. The Morgan fingerprint density at radius 3 is 2.39 bits per heavy atom. The number of aromatic amines is 1. The highest BCUT2D eigenvalue weighted by Crippen LogP contribution is 2.37. The second-order valence-corrected chi connectivity index (χ2v) is 11.8. The number of nitrogens with one attached hydrogen (secondary N) is 1. The van der Waals surface area contributed by atoms with Gasteiger partial charge in [-0.2, -0.15) is 4.31 Å². The van der Waals surface area contributed by atoms with Gasteiger partial charge in [-0.05, 0) is 60.7 Å². The van der Waals surface area contributed by atoms with E-state index in [9.17, 15) is 18.0 Å². The SMILES string of the molecule is CCCn1c(=O)n(C)c(=O)c2[nH]c(-c3cc(S(=O)(=O)N4CCN(CC)CC4)ccc3OCC)c(I)c21. The quantitative estimate of drug-likeness (QED) is 0.384. The molecule has 0 amide bonds. The maximum absolute atomic E-state index is 13.5. The number of aromatic nitrogens is 3. The zero-order chi connectivity index (χ0) is 26.2. The lowest BCUT2D eigenvalue weighted by Crippen LogP contribution is -2.48. The Balaban J connectivity index is 1.90. The Hall–Kier alpha value is -2.16. The van der Waals surface area contributed by atoms with Gasteiger partial charge >= 0.3 is 5.69 Å². The molecule has 1 N–H and O–H groups in total. The summed E-state index contributed by atoms with van der Waals surface area (Å²) in [7, 11) is -2.26. The van der Waals surface area contributed by atoms with E-state index in [2.05, 4.69) is 39.4 Å². The van der Waals surface area contributed by atoms with Crippen LogP contribution in [-0.2, 0) is 23.6 Å². The van der Waals surface area contributed by atoms with E-state index in [-0.39, 0.29) is 10.6 Å². The van der Waals surface area contributed by atoms with Gasteiger partial charge in [-0.3, -0.25) is 13.9 Å². The third-order valence-corrected chi connectivity index (χ3v) is 9.55. The minimum atomic E-state index is -3.72. The molecule has 196 valence electrons. The lowest BCUT2D eigenvalue weighted by molar-refractivity contribution is 0.196. The number of H-pyrrole nitrogens is 1. The fraction of sp³-hybridized carbons (Fsp3) is 0.500. The summed E-state index contributed by atoms with van der Waals surface area (Å²) in [6.45, 7) is 9.86. The molecule has 0 aliphatic carbocycles. The zero-order valence-corrected chi connectivity index (χ0v) is 24.0. The van der Waals surface area contributed by atoms with Crippen molar-refractivity contribution < 1.29 is 13.2 Å². The van der Waals surface area contributed by atoms with E-state index in [1.807, 2.05) is 13.8 Å². The van der Waals surface area contributed by atoms with E-state index in [0.717, 1.165) is 11.1 Å². The molecule has 3 heterocycles. The van der Waals surface area contributed by atoms with E-state index < -0.39 is 15.6 Å². The van der Waals surface area contributed by atoms with Gasteiger partial charge in [-0.1, -0.05) is 13.8 Å². The van der Waals surface area contributed by atoms with Crippen LogP contribution in [0.15, 0.2) is 32.7 Å². The summed E-state index contributed by atoms with van der Waals surface area (Å²) in [5.74, 6) is 0.498. The molecule has 1 saturated heterocycles. The minimum Gasteiger partial charge on any atom is -0.493 e. The highest BCUT2D eigenvalue weighted by atomic mass is 127. The molecule has 1 aliphatic heterocycles. The van der Waals surface area contributed by atoms with Crippen LogP contribution in [0.25, 0.3) is 22.3 Å². The molecule has 0 unspecified atom stereocenters. The van der Waals surface area contributed by atoms with Crippen LogP contribution in [0.4, 0.5) is 0 Å². The third kappa shape index (κ3) is 4.63. The zero-order valence-electron chi connectivity index (χ0n) is 21.0. The maximum Gasteiger partial charge on any atom is 0.331 e. The van der Waals surface area contributed by atoms with Crippen LogP contribution in [0, 0.1) is 3.57 Å². The van der Waals surface area contributed by atoms with E-state index in [0.29, 0.717) is 77.4 Å². The molecule has 0 bridgehead atoms. The number of aryl methyl sites for hydroxylation is 1. The average molecular weight is 630 g/mol. The number of hydrogen-bond donors (Lipinski definition) is 1. The molecule has 10 nitrogen and oxygen atoms in total. The van der Waals surface area contributed by atoms with Gasteiger partial charge in [0, 0.05) is 45.3 Å². The van der Waals surface area contributed by atoms with Crippen molar-refractivity contribution in [1.29, 1.82) is 0 Å². The summed E-state index contributed by atoms with van der Waals surface area (Å²) in [6, 6.07) is 4.83. The van der Waals surface area contributed by atoms with Crippen LogP contribution in [0.2, 0.25) is 0 Å². The Morgan fingerprint density at radius 2 is 1.78 bits per heavy atom. The summed E-state index contributed by atoms with van der Waals surface area (Å²) < 4.78 is 37.8. The molecule has 1 aliphatic rings. The number of ether oxygens (including phenoxy) is 1. The van der Waals surface area contributed by atoms with E-state index in [1.165, 1.54) is 11.4 Å². The van der Waals surface area contributed by atoms with Crippen molar-refractivity contribution in [2.45, 2.75) is 38.6 Å². The second kappa shape index (κ2) is 10.7. The van der Waals surface area contributed by atoms with Crippen molar-refractivity contribution in [2.75, 3.05) is 39.3 Å². The van der Waals surface area contributed by atoms with Crippen molar-refractivity contribution in [2.24, 2.45) is 7.05 Å². The van der Waals surface area contributed by atoms with E-state index in [4.69, 9.17) is 4.74 Å². The van der Waals surface area contributed by atoms with Crippen LogP contribution >= 0.6 is 22.6 Å². The van der Waals surface area contributed by atoms with Gasteiger partial charge in [-0.15, -0.1) is 0 Å².